The molecule has 4 heteroatoms. The number of benzene rings is 1. The predicted octanol–water partition coefficient (Wildman–Crippen LogP) is 1.42. The van der Waals surface area contributed by atoms with Gasteiger partial charge >= 0.3 is 0 Å². The summed E-state index contributed by atoms with van der Waals surface area (Å²) in [5, 5.41) is 11.3. The van der Waals surface area contributed by atoms with Gasteiger partial charge in [0.25, 0.3) is 0 Å². The zero-order valence-electron chi connectivity index (χ0n) is 9.43. The van der Waals surface area contributed by atoms with Crippen molar-refractivity contribution in [1.82, 2.24) is 20.1 Å². The summed E-state index contributed by atoms with van der Waals surface area (Å²) in [6.07, 6.45) is 3.78. The van der Waals surface area contributed by atoms with Crippen LogP contribution in [0.2, 0.25) is 0 Å². The van der Waals surface area contributed by atoms with Crippen LogP contribution in [-0.4, -0.2) is 28.4 Å². The third kappa shape index (κ3) is 2.46. The van der Waals surface area contributed by atoms with E-state index in [1.807, 2.05) is 29.8 Å². The van der Waals surface area contributed by atoms with Crippen molar-refractivity contribution in [3.63, 3.8) is 0 Å². The smallest absolute Gasteiger partial charge is 0.137 e. The maximum atomic E-state index is 4.15. The molecule has 0 amide bonds. The minimum absolute atomic E-state index is 0.940. The highest BCUT2D eigenvalue weighted by atomic mass is 15.3. The Morgan fingerprint density at radius 2 is 2.06 bits per heavy atom. The van der Waals surface area contributed by atoms with E-state index in [4.69, 9.17) is 0 Å². The van der Waals surface area contributed by atoms with Crippen LogP contribution in [0.4, 0.5) is 0 Å². The first kappa shape index (κ1) is 10.8. The van der Waals surface area contributed by atoms with Crippen LogP contribution in [0.3, 0.4) is 0 Å². The van der Waals surface area contributed by atoms with Crippen molar-refractivity contribution in [2.24, 2.45) is 0 Å². The monoisotopic (exact) mass is 216 g/mol. The molecule has 0 bridgehead atoms. The molecule has 2 aromatic rings. The van der Waals surface area contributed by atoms with E-state index in [1.165, 1.54) is 0 Å². The third-order valence-electron chi connectivity index (χ3n) is 2.48. The summed E-state index contributed by atoms with van der Waals surface area (Å²) in [5.41, 5.74) is 1.12. The highest BCUT2D eigenvalue weighted by Crippen LogP contribution is 2.09. The molecule has 16 heavy (non-hydrogen) atoms. The summed E-state index contributed by atoms with van der Waals surface area (Å²) in [4.78, 5) is 0. The van der Waals surface area contributed by atoms with Crippen LogP contribution < -0.4 is 5.32 Å². The van der Waals surface area contributed by atoms with Gasteiger partial charge < -0.3 is 5.32 Å². The van der Waals surface area contributed by atoms with Crippen molar-refractivity contribution in [2.75, 3.05) is 13.6 Å². The SMILES string of the molecule is CNCCCc1nncn1-c1ccccc1. The molecule has 1 N–H and O–H groups in total. The van der Waals surface area contributed by atoms with Gasteiger partial charge in [0, 0.05) is 12.1 Å². The van der Waals surface area contributed by atoms with Gasteiger partial charge in [-0.25, -0.2) is 0 Å². The van der Waals surface area contributed by atoms with E-state index < -0.39 is 0 Å². The summed E-state index contributed by atoms with van der Waals surface area (Å²) in [6, 6.07) is 10.2. The third-order valence-corrected chi connectivity index (χ3v) is 2.48. The summed E-state index contributed by atoms with van der Waals surface area (Å²) in [5.74, 6) is 1.02. The lowest BCUT2D eigenvalue weighted by Gasteiger charge is -2.05. The molecule has 1 heterocycles. The lowest BCUT2D eigenvalue weighted by Crippen LogP contribution is -2.10. The standard InChI is InChI=1S/C12H16N4/c1-13-9-5-8-12-15-14-10-16(12)11-6-3-2-4-7-11/h2-4,6-7,10,13H,5,8-9H2,1H3. The van der Waals surface area contributed by atoms with Gasteiger partial charge in [-0.05, 0) is 32.1 Å². The summed E-state index contributed by atoms with van der Waals surface area (Å²) >= 11 is 0. The van der Waals surface area contributed by atoms with Gasteiger partial charge in [0.2, 0.25) is 0 Å². The molecule has 0 atom stereocenters. The summed E-state index contributed by atoms with van der Waals surface area (Å²) in [6.45, 7) is 1.00. The molecule has 0 spiro atoms. The molecule has 1 aromatic heterocycles. The van der Waals surface area contributed by atoms with Crippen molar-refractivity contribution < 1.29 is 0 Å². The highest BCUT2D eigenvalue weighted by Gasteiger charge is 2.04. The van der Waals surface area contributed by atoms with E-state index in [-0.39, 0.29) is 0 Å². The molecule has 0 radical (unpaired) electrons. The van der Waals surface area contributed by atoms with Crippen LogP contribution in [0.1, 0.15) is 12.2 Å². The fraction of sp³-hybridized carbons (Fsp3) is 0.333. The van der Waals surface area contributed by atoms with E-state index in [0.29, 0.717) is 0 Å². The maximum Gasteiger partial charge on any atom is 0.137 e. The van der Waals surface area contributed by atoms with E-state index in [9.17, 15) is 0 Å². The molecule has 4 nitrogen and oxygen atoms in total. The Hall–Kier alpha value is -1.68. The molecule has 84 valence electrons. The second kappa shape index (κ2) is 5.42. The molecule has 1 aromatic carbocycles. The zero-order valence-corrected chi connectivity index (χ0v) is 9.43. The molecule has 0 aliphatic carbocycles. The Morgan fingerprint density at radius 1 is 1.25 bits per heavy atom. The van der Waals surface area contributed by atoms with Gasteiger partial charge in [-0.3, -0.25) is 4.57 Å². The maximum absolute atomic E-state index is 4.15. The van der Waals surface area contributed by atoms with E-state index >= 15 is 0 Å². The summed E-state index contributed by atoms with van der Waals surface area (Å²) in [7, 11) is 1.96. The minimum atomic E-state index is 0.940. The molecular formula is C12H16N4. The van der Waals surface area contributed by atoms with E-state index in [0.717, 1.165) is 30.9 Å². The van der Waals surface area contributed by atoms with Crippen molar-refractivity contribution >= 4 is 0 Å². The second-order valence-electron chi connectivity index (χ2n) is 3.66. The molecule has 0 aliphatic heterocycles. The number of rotatable bonds is 5. The minimum Gasteiger partial charge on any atom is -0.320 e. The zero-order chi connectivity index (χ0) is 11.2. The molecule has 0 aliphatic rings. The Bertz CT molecular complexity index is 422. The topological polar surface area (TPSA) is 42.7 Å². The number of aryl methyl sites for hydroxylation is 1. The molecule has 0 saturated heterocycles. The van der Waals surface area contributed by atoms with Crippen molar-refractivity contribution in [1.29, 1.82) is 0 Å². The summed E-state index contributed by atoms with van der Waals surface area (Å²) < 4.78 is 2.04. The average Bonchev–Trinajstić information content (AvgIpc) is 2.79. The van der Waals surface area contributed by atoms with Gasteiger partial charge in [0.05, 0.1) is 0 Å². The fourth-order valence-electron chi connectivity index (χ4n) is 1.66. The normalized spacial score (nSPS) is 10.6. The lowest BCUT2D eigenvalue weighted by molar-refractivity contribution is 0.693. The van der Waals surface area contributed by atoms with Crippen LogP contribution in [0.5, 0.6) is 0 Å². The van der Waals surface area contributed by atoms with Crippen LogP contribution in [0.25, 0.3) is 5.69 Å². The molecular weight excluding hydrogens is 200 g/mol. The van der Waals surface area contributed by atoms with Crippen molar-refractivity contribution in [3.05, 3.63) is 42.5 Å². The van der Waals surface area contributed by atoms with Crippen LogP contribution >= 0.6 is 0 Å². The first-order chi connectivity index (χ1) is 7.92. The van der Waals surface area contributed by atoms with Crippen LogP contribution in [0, 0.1) is 0 Å². The molecule has 0 unspecified atom stereocenters. The van der Waals surface area contributed by atoms with Crippen LogP contribution in [-0.2, 0) is 6.42 Å². The highest BCUT2D eigenvalue weighted by molar-refractivity contribution is 5.31. The first-order valence-electron chi connectivity index (χ1n) is 5.51. The second-order valence-corrected chi connectivity index (χ2v) is 3.66. The van der Waals surface area contributed by atoms with Gasteiger partial charge in [-0.2, -0.15) is 0 Å². The lowest BCUT2D eigenvalue weighted by atomic mass is 10.2. The number of nitrogens with one attached hydrogen (secondary N) is 1. The Labute approximate surface area is 95.3 Å². The molecule has 2 rings (SSSR count). The van der Waals surface area contributed by atoms with Crippen molar-refractivity contribution in [3.8, 4) is 5.69 Å². The van der Waals surface area contributed by atoms with E-state index in [1.54, 1.807) is 6.33 Å². The number of aromatic nitrogens is 3. The van der Waals surface area contributed by atoms with Crippen molar-refractivity contribution in [2.45, 2.75) is 12.8 Å². The van der Waals surface area contributed by atoms with Crippen LogP contribution in [0.15, 0.2) is 36.7 Å². The van der Waals surface area contributed by atoms with Gasteiger partial charge in [-0.15, -0.1) is 10.2 Å². The number of nitrogens with zero attached hydrogens (tertiary/aromatic N) is 3. The molecule has 0 fully saturated rings. The Kier molecular flexibility index (Phi) is 3.66. The average molecular weight is 216 g/mol. The number of hydrogen-bond donors (Lipinski definition) is 1. The van der Waals surface area contributed by atoms with Gasteiger partial charge in [-0.1, -0.05) is 18.2 Å². The first-order valence-corrected chi connectivity index (χ1v) is 5.51. The molecule has 0 saturated carbocycles. The quantitative estimate of drug-likeness (QED) is 0.769. The number of hydrogen-bond acceptors (Lipinski definition) is 3. The predicted molar refractivity (Wildman–Crippen MR) is 63.6 cm³/mol. The fourth-order valence-corrected chi connectivity index (χ4v) is 1.66. The van der Waals surface area contributed by atoms with Gasteiger partial charge in [0.15, 0.2) is 0 Å². The van der Waals surface area contributed by atoms with Gasteiger partial charge in [0.1, 0.15) is 12.2 Å². The Morgan fingerprint density at radius 3 is 2.81 bits per heavy atom. The largest absolute Gasteiger partial charge is 0.320 e. The van der Waals surface area contributed by atoms with E-state index in [2.05, 4.69) is 27.6 Å². The number of para-hydroxylation sites is 1. The Balaban J connectivity index is 2.13.